The predicted molar refractivity (Wildman–Crippen MR) is 109 cm³/mol. The molecule has 7 atom stereocenters. The van der Waals surface area contributed by atoms with Crippen molar-refractivity contribution in [1.82, 2.24) is 10.2 Å². The molecule has 3 fully saturated rings. The van der Waals surface area contributed by atoms with Crippen LogP contribution < -0.4 is 5.32 Å². The summed E-state index contributed by atoms with van der Waals surface area (Å²) in [6.45, 7) is 8.55. The van der Waals surface area contributed by atoms with Gasteiger partial charge in [0.05, 0.1) is 6.10 Å². The minimum Gasteiger partial charge on any atom is -0.447 e. The average molecular weight is 389 g/mol. The van der Waals surface area contributed by atoms with Crippen LogP contribution in [-0.4, -0.2) is 42.1 Å². The molecule has 3 aliphatic carbocycles. The van der Waals surface area contributed by atoms with Gasteiger partial charge in [-0.3, -0.25) is 4.79 Å². The Kier molecular flexibility index (Phi) is 4.79. The Morgan fingerprint density at radius 1 is 1.18 bits per heavy atom. The number of hydrogen-bond acceptors (Lipinski definition) is 3. The zero-order chi connectivity index (χ0) is 20.3. The number of carbonyl (C=O) groups is 2. The molecule has 28 heavy (non-hydrogen) atoms. The molecule has 5 nitrogen and oxygen atoms in total. The lowest BCUT2D eigenvalue weighted by molar-refractivity contribution is -0.138. The van der Waals surface area contributed by atoms with E-state index in [2.05, 4.69) is 25.2 Å². The quantitative estimate of drug-likeness (QED) is 0.774. The van der Waals surface area contributed by atoms with Gasteiger partial charge in [-0.15, -0.1) is 0 Å². The van der Waals surface area contributed by atoms with Crippen LogP contribution in [0.2, 0.25) is 0 Å². The van der Waals surface area contributed by atoms with Crippen molar-refractivity contribution in [2.75, 3.05) is 7.05 Å². The van der Waals surface area contributed by atoms with Crippen molar-refractivity contribution in [3.05, 3.63) is 12.2 Å². The van der Waals surface area contributed by atoms with E-state index in [1.165, 1.54) is 19.3 Å². The fourth-order valence-electron chi connectivity index (χ4n) is 7.37. The zero-order valence-electron chi connectivity index (χ0n) is 18.0. The third-order valence-corrected chi connectivity index (χ3v) is 8.76. The number of ether oxygens (including phenoxy) is 1. The molecule has 2 amide bonds. The number of nitrogens with one attached hydrogen (secondary N) is 1. The van der Waals surface area contributed by atoms with Crippen molar-refractivity contribution < 1.29 is 14.3 Å². The summed E-state index contributed by atoms with van der Waals surface area (Å²) in [6.07, 6.45) is 10.5. The van der Waals surface area contributed by atoms with Crippen LogP contribution >= 0.6 is 0 Å². The first kappa shape index (κ1) is 19.8. The predicted octanol–water partition coefficient (Wildman–Crippen LogP) is 4.13. The molecule has 0 aromatic carbocycles. The van der Waals surface area contributed by atoms with Crippen LogP contribution in [0.4, 0.5) is 4.79 Å². The van der Waals surface area contributed by atoms with E-state index in [4.69, 9.17) is 4.74 Å². The van der Waals surface area contributed by atoms with Gasteiger partial charge in [0.2, 0.25) is 5.91 Å². The Morgan fingerprint density at radius 2 is 1.93 bits per heavy atom. The standard InChI is InChI=1S/C23H36N2O3/c1-14(2)28-21(27)24-18-8-7-16-15-6-9-19-23(4,13-11-20(26)25(19)5)17(15)10-12-22(16,18)3/h11,13-19H,6-10,12H2,1-5H3,(H,24,27)/t15-,16-,17-,18-,19+,22-,23+/m0/s1. The number of alkyl carbamates (subject to hydrolysis) is 1. The third-order valence-electron chi connectivity index (χ3n) is 8.76. The van der Waals surface area contributed by atoms with Crippen molar-refractivity contribution >= 4 is 12.0 Å². The maximum atomic E-state index is 12.2. The molecule has 0 radical (unpaired) electrons. The summed E-state index contributed by atoms with van der Waals surface area (Å²) in [4.78, 5) is 26.4. The Hall–Kier alpha value is -1.52. The Bertz CT molecular complexity index is 689. The number of rotatable bonds is 2. The minimum atomic E-state index is -0.269. The molecule has 4 rings (SSSR count). The summed E-state index contributed by atoms with van der Waals surface area (Å²) in [5.74, 6) is 2.09. The lowest BCUT2D eigenvalue weighted by Crippen LogP contribution is -2.60. The molecule has 5 heteroatoms. The van der Waals surface area contributed by atoms with Gasteiger partial charge in [0.25, 0.3) is 0 Å². The van der Waals surface area contributed by atoms with Crippen LogP contribution in [0.1, 0.15) is 66.2 Å². The van der Waals surface area contributed by atoms with Gasteiger partial charge in [-0.2, -0.15) is 0 Å². The number of amides is 2. The van der Waals surface area contributed by atoms with Gasteiger partial charge in [-0.25, -0.2) is 4.79 Å². The van der Waals surface area contributed by atoms with Gasteiger partial charge in [0.1, 0.15) is 0 Å². The summed E-state index contributed by atoms with van der Waals surface area (Å²) < 4.78 is 5.36. The van der Waals surface area contributed by atoms with E-state index in [1.807, 2.05) is 25.8 Å². The molecule has 156 valence electrons. The van der Waals surface area contributed by atoms with E-state index < -0.39 is 0 Å². The molecule has 0 aromatic heterocycles. The van der Waals surface area contributed by atoms with Crippen molar-refractivity contribution in [2.24, 2.45) is 28.6 Å². The molecule has 0 spiro atoms. The van der Waals surface area contributed by atoms with E-state index in [0.717, 1.165) is 19.3 Å². The largest absolute Gasteiger partial charge is 0.447 e. The maximum absolute atomic E-state index is 12.2. The fraction of sp³-hybridized carbons (Fsp3) is 0.826. The van der Waals surface area contributed by atoms with Crippen LogP contribution in [0.5, 0.6) is 0 Å². The van der Waals surface area contributed by atoms with Crippen LogP contribution in [0.25, 0.3) is 0 Å². The highest BCUT2D eigenvalue weighted by atomic mass is 16.6. The number of hydrogen-bond donors (Lipinski definition) is 1. The third kappa shape index (κ3) is 2.88. The molecule has 0 bridgehead atoms. The second-order valence-corrected chi connectivity index (χ2v) is 10.4. The molecule has 4 aliphatic rings. The van der Waals surface area contributed by atoms with Crippen molar-refractivity contribution in [3.8, 4) is 0 Å². The molecule has 0 saturated heterocycles. The van der Waals surface area contributed by atoms with E-state index in [0.29, 0.717) is 23.8 Å². The first-order valence-electron chi connectivity index (χ1n) is 11.1. The lowest BCUT2D eigenvalue weighted by atomic mass is 9.48. The second-order valence-electron chi connectivity index (χ2n) is 10.4. The molecule has 0 aromatic rings. The molecule has 1 aliphatic heterocycles. The topological polar surface area (TPSA) is 58.6 Å². The maximum Gasteiger partial charge on any atom is 0.407 e. The summed E-state index contributed by atoms with van der Waals surface area (Å²) >= 11 is 0. The van der Waals surface area contributed by atoms with E-state index in [-0.39, 0.29) is 35.0 Å². The van der Waals surface area contributed by atoms with Gasteiger partial charge < -0.3 is 15.0 Å². The average Bonchev–Trinajstić information content (AvgIpc) is 2.94. The van der Waals surface area contributed by atoms with Crippen LogP contribution in [-0.2, 0) is 9.53 Å². The van der Waals surface area contributed by atoms with Crippen molar-refractivity contribution in [3.63, 3.8) is 0 Å². The molecule has 3 saturated carbocycles. The summed E-state index contributed by atoms with van der Waals surface area (Å²) in [5.41, 5.74) is 0.232. The monoisotopic (exact) mass is 388 g/mol. The number of fused-ring (bicyclic) bond motifs is 5. The Labute approximate surface area is 169 Å². The van der Waals surface area contributed by atoms with Gasteiger partial charge in [-0.1, -0.05) is 19.9 Å². The Balaban J connectivity index is 1.54. The smallest absolute Gasteiger partial charge is 0.407 e. The van der Waals surface area contributed by atoms with Gasteiger partial charge in [0.15, 0.2) is 0 Å². The number of carbonyl (C=O) groups excluding carboxylic acids is 2. The first-order chi connectivity index (χ1) is 13.2. The van der Waals surface area contributed by atoms with Crippen LogP contribution in [0.3, 0.4) is 0 Å². The Morgan fingerprint density at radius 3 is 2.64 bits per heavy atom. The lowest BCUT2D eigenvalue weighted by Gasteiger charge is -2.60. The highest BCUT2D eigenvalue weighted by Crippen LogP contribution is 2.63. The minimum absolute atomic E-state index is 0.0784. The van der Waals surface area contributed by atoms with E-state index in [9.17, 15) is 9.59 Å². The van der Waals surface area contributed by atoms with Crippen molar-refractivity contribution in [1.29, 1.82) is 0 Å². The normalized spacial score (nSPS) is 44.7. The first-order valence-corrected chi connectivity index (χ1v) is 11.1. The molecule has 1 N–H and O–H groups in total. The second kappa shape index (κ2) is 6.77. The molecular weight excluding hydrogens is 352 g/mol. The summed E-state index contributed by atoms with van der Waals surface area (Å²) in [5, 5.41) is 3.20. The summed E-state index contributed by atoms with van der Waals surface area (Å²) in [6, 6.07) is 0.535. The van der Waals surface area contributed by atoms with Gasteiger partial charge in [0, 0.05) is 24.5 Å². The van der Waals surface area contributed by atoms with Crippen molar-refractivity contribution in [2.45, 2.75) is 84.4 Å². The number of nitrogens with zero attached hydrogens (tertiary/aromatic N) is 1. The van der Waals surface area contributed by atoms with E-state index >= 15 is 0 Å². The summed E-state index contributed by atoms with van der Waals surface area (Å²) in [7, 11) is 1.97. The molecule has 0 unspecified atom stereocenters. The zero-order valence-corrected chi connectivity index (χ0v) is 18.0. The highest BCUT2D eigenvalue weighted by molar-refractivity contribution is 5.89. The SMILES string of the molecule is CC(C)OC(=O)N[C@H]1CC[C@H]2[C@@H]3CC[C@H]4N(C)C(=O)C=C[C@]4(C)[C@H]3CC[C@]12C. The van der Waals surface area contributed by atoms with Gasteiger partial charge >= 0.3 is 6.09 Å². The van der Waals surface area contributed by atoms with Crippen LogP contribution in [0, 0.1) is 28.6 Å². The number of likely N-dealkylation sites (N-methyl/N-ethyl adjacent to an activating group) is 1. The van der Waals surface area contributed by atoms with Gasteiger partial charge in [-0.05, 0) is 81.6 Å². The molecular formula is C23H36N2O3. The fourth-order valence-corrected chi connectivity index (χ4v) is 7.37. The van der Waals surface area contributed by atoms with E-state index in [1.54, 1.807) is 6.08 Å². The highest BCUT2D eigenvalue weighted by Gasteiger charge is 2.60. The molecule has 1 heterocycles. The van der Waals surface area contributed by atoms with Crippen LogP contribution in [0.15, 0.2) is 12.2 Å².